The maximum Gasteiger partial charge on any atom is 0.250 e. The lowest BCUT2D eigenvalue weighted by atomic mass is 10.2. The first-order valence-corrected chi connectivity index (χ1v) is 9.98. The molecule has 0 radical (unpaired) electrons. The van der Waals surface area contributed by atoms with Gasteiger partial charge >= 0.3 is 0 Å². The first-order chi connectivity index (χ1) is 14.7. The van der Waals surface area contributed by atoms with Crippen LogP contribution >= 0.6 is 11.8 Å². The highest BCUT2D eigenvalue weighted by atomic mass is 32.2. The number of hydrogen-bond donors (Lipinski definition) is 2. The van der Waals surface area contributed by atoms with E-state index in [1.165, 1.54) is 24.2 Å². The average Bonchev–Trinajstić information content (AvgIpc) is 3.43. The zero-order chi connectivity index (χ0) is 20.8. The number of amides is 1. The van der Waals surface area contributed by atoms with Crippen molar-refractivity contribution in [2.75, 3.05) is 5.75 Å². The van der Waals surface area contributed by atoms with Crippen molar-refractivity contribution in [3.63, 3.8) is 0 Å². The quantitative estimate of drug-likeness (QED) is 0.270. The van der Waals surface area contributed by atoms with Crippen LogP contribution in [-0.4, -0.2) is 37.7 Å². The SMILES string of the molecule is O=C(CSc1nnc(-c2ccc(O)cc2)n1-c1ccccc1)N/N=C/c1ccco1. The lowest BCUT2D eigenvalue weighted by molar-refractivity contribution is -0.118. The molecule has 2 heterocycles. The van der Waals surface area contributed by atoms with Gasteiger partial charge in [-0.25, -0.2) is 5.43 Å². The fraction of sp³-hybridized carbons (Fsp3) is 0.0476. The van der Waals surface area contributed by atoms with Crippen LogP contribution in [0.5, 0.6) is 5.75 Å². The van der Waals surface area contributed by atoms with Gasteiger partial charge in [-0.1, -0.05) is 30.0 Å². The molecule has 4 aromatic rings. The Hall–Kier alpha value is -3.85. The van der Waals surface area contributed by atoms with Crippen LogP contribution < -0.4 is 5.43 Å². The molecule has 150 valence electrons. The van der Waals surface area contributed by atoms with Crippen molar-refractivity contribution in [2.24, 2.45) is 5.10 Å². The van der Waals surface area contributed by atoms with Crippen molar-refractivity contribution < 1.29 is 14.3 Å². The number of nitrogens with zero attached hydrogens (tertiary/aromatic N) is 4. The number of benzene rings is 2. The third kappa shape index (κ3) is 4.58. The molecule has 0 atom stereocenters. The number of hydrazone groups is 1. The standard InChI is InChI=1S/C21H17N5O3S/c27-17-10-8-15(9-11-17)20-24-25-21(26(20)16-5-2-1-3-6-16)30-14-19(28)23-22-13-18-7-4-12-29-18/h1-13,27H,14H2,(H,23,28)/b22-13+. The summed E-state index contributed by atoms with van der Waals surface area (Å²) < 4.78 is 6.99. The number of rotatable bonds is 7. The predicted molar refractivity (Wildman–Crippen MR) is 114 cm³/mol. The minimum atomic E-state index is -0.281. The number of para-hydroxylation sites is 1. The molecule has 0 saturated carbocycles. The largest absolute Gasteiger partial charge is 0.508 e. The molecule has 0 aliphatic carbocycles. The first kappa shape index (κ1) is 19.5. The van der Waals surface area contributed by atoms with Crippen LogP contribution in [-0.2, 0) is 4.79 Å². The van der Waals surface area contributed by atoms with Crippen molar-refractivity contribution in [1.29, 1.82) is 0 Å². The zero-order valence-electron chi connectivity index (χ0n) is 15.7. The van der Waals surface area contributed by atoms with Gasteiger partial charge in [0.25, 0.3) is 5.91 Å². The summed E-state index contributed by atoms with van der Waals surface area (Å²) in [6.07, 6.45) is 2.96. The van der Waals surface area contributed by atoms with Gasteiger partial charge in [0, 0.05) is 11.3 Å². The first-order valence-electron chi connectivity index (χ1n) is 8.99. The Balaban J connectivity index is 1.53. The van der Waals surface area contributed by atoms with Crippen molar-refractivity contribution in [1.82, 2.24) is 20.2 Å². The second-order valence-corrected chi connectivity index (χ2v) is 7.06. The second kappa shape index (κ2) is 9.10. The van der Waals surface area contributed by atoms with E-state index in [2.05, 4.69) is 20.7 Å². The normalized spacial score (nSPS) is 11.1. The fourth-order valence-corrected chi connectivity index (χ4v) is 3.41. The van der Waals surface area contributed by atoms with Crippen LogP contribution in [0.15, 0.2) is 87.7 Å². The van der Waals surface area contributed by atoms with Crippen molar-refractivity contribution in [3.8, 4) is 22.8 Å². The van der Waals surface area contributed by atoms with Gasteiger partial charge < -0.3 is 9.52 Å². The third-order valence-electron chi connectivity index (χ3n) is 4.03. The number of phenols is 1. The van der Waals surface area contributed by atoms with Gasteiger partial charge in [-0.3, -0.25) is 9.36 Å². The fourth-order valence-electron chi connectivity index (χ4n) is 2.67. The highest BCUT2D eigenvalue weighted by molar-refractivity contribution is 7.99. The number of hydrogen-bond acceptors (Lipinski definition) is 7. The summed E-state index contributed by atoms with van der Waals surface area (Å²) in [6, 6.07) is 19.8. The van der Waals surface area contributed by atoms with Crippen LogP contribution in [0.4, 0.5) is 0 Å². The number of furan rings is 1. The van der Waals surface area contributed by atoms with Crippen molar-refractivity contribution in [3.05, 3.63) is 78.8 Å². The summed E-state index contributed by atoms with van der Waals surface area (Å²) in [5, 5.41) is 22.6. The number of aromatic nitrogens is 3. The van der Waals surface area contributed by atoms with E-state index in [1.807, 2.05) is 34.9 Å². The molecule has 2 aromatic carbocycles. The summed E-state index contributed by atoms with van der Waals surface area (Å²) in [7, 11) is 0. The third-order valence-corrected chi connectivity index (χ3v) is 4.96. The maximum atomic E-state index is 12.1. The molecule has 0 saturated heterocycles. The summed E-state index contributed by atoms with van der Waals surface area (Å²) in [6.45, 7) is 0. The Morgan fingerprint density at radius 2 is 1.90 bits per heavy atom. The Bertz CT molecular complexity index is 1140. The van der Waals surface area contributed by atoms with Crippen LogP contribution in [0.1, 0.15) is 5.76 Å². The molecule has 0 spiro atoms. The van der Waals surface area contributed by atoms with Crippen molar-refractivity contribution >= 4 is 23.9 Å². The predicted octanol–water partition coefficient (Wildman–Crippen LogP) is 3.48. The maximum absolute atomic E-state index is 12.1. The summed E-state index contributed by atoms with van der Waals surface area (Å²) >= 11 is 1.25. The molecule has 9 heteroatoms. The molecule has 0 fully saturated rings. The van der Waals surface area contributed by atoms with Crippen LogP contribution in [0.3, 0.4) is 0 Å². The lowest BCUT2D eigenvalue weighted by Crippen LogP contribution is -2.19. The molecular formula is C21H17N5O3S. The zero-order valence-corrected chi connectivity index (χ0v) is 16.5. The van der Waals surface area contributed by atoms with E-state index in [0.717, 1.165) is 11.3 Å². The Morgan fingerprint density at radius 3 is 2.63 bits per heavy atom. The lowest BCUT2D eigenvalue weighted by Gasteiger charge is -2.10. The van der Waals surface area contributed by atoms with E-state index in [9.17, 15) is 9.90 Å². The number of carbonyl (C=O) groups is 1. The van der Waals surface area contributed by atoms with Gasteiger partial charge in [0.1, 0.15) is 11.5 Å². The van der Waals surface area contributed by atoms with Gasteiger partial charge in [-0.05, 0) is 48.5 Å². The van der Waals surface area contributed by atoms with E-state index < -0.39 is 0 Å². The Morgan fingerprint density at radius 1 is 1.10 bits per heavy atom. The van der Waals surface area contributed by atoms with Crippen LogP contribution in [0, 0.1) is 0 Å². The molecule has 2 aromatic heterocycles. The van der Waals surface area contributed by atoms with Gasteiger partial charge in [0.05, 0.1) is 18.2 Å². The topological polar surface area (TPSA) is 106 Å². The molecule has 0 unspecified atom stereocenters. The Labute approximate surface area is 176 Å². The number of nitrogens with one attached hydrogen (secondary N) is 1. The number of carbonyl (C=O) groups excluding carboxylic acids is 1. The van der Waals surface area contributed by atoms with Gasteiger partial charge in [0.2, 0.25) is 0 Å². The molecule has 0 aliphatic heterocycles. The van der Waals surface area contributed by atoms with Gasteiger partial charge in [0.15, 0.2) is 11.0 Å². The van der Waals surface area contributed by atoms with Crippen molar-refractivity contribution in [2.45, 2.75) is 5.16 Å². The van der Waals surface area contributed by atoms with E-state index in [1.54, 1.807) is 36.4 Å². The van der Waals surface area contributed by atoms with E-state index in [-0.39, 0.29) is 17.4 Å². The minimum absolute atomic E-state index is 0.107. The Kier molecular flexibility index (Phi) is 5.90. The average molecular weight is 419 g/mol. The highest BCUT2D eigenvalue weighted by Gasteiger charge is 2.17. The minimum Gasteiger partial charge on any atom is -0.508 e. The van der Waals surface area contributed by atoms with E-state index in [0.29, 0.717) is 16.7 Å². The molecule has 8 nitrogen and oxygen atoms in total. The second-order valence-electron chi connectivity index (χ2n) is 6.12. The smallest absolute Gasteiger partial charge is 0.250 e. The van der Waals surface area contributed by atoms with E-state index >= 15 is 0 Å². The monoisotopic (exact) mass is 419 g/mol. The number of aromatic hydroxyl groups is 1. The summed E-state index contributed by atoms with van der Waals surface area (Å²) in [5.41, 5.74) is 4.12. The molecule has 1 amide bonds. The van der Waals surface area contributed by atoms with Crippen LogP contribution in [0.25, 0.3) is 17.1 Å². The summed E-state index contributed by atoms with van der Waals surface area (Å²) in [5.74, 6) is 1.16. The molecular weight excluding hydrogens is 402 g/mol. The summed E-state index contributed by atoms with van der Waals surface area (Å²) in [4.78, 5) is 12.1. The molecule has 30 heavy (non-hydrogen) atoms. The number of thioether (sulfide) groups is 1. The van der Waals surface area contributed by atoms with Gasteiger partial charge in [-0.2, -0.15) is 5.10 Å². The van der Waals surface area contributed by atoms with Gasteiger partial charge in [-0.15, -0.1) is 10.2 Å². The molecule has 0 aliphatic rings. The highest BCUT2D eigenvalue weighted by Crippen LogP contribution is 2.28. The molecule has 0 bridgehead atoms. The number of phenolic OH excluding ortho intramolecular Hbond substituents is 1. The molecule has 4 rings (SSSR count). The van der Waals surface area contributed by atoms with E-state index in [4.69, 9.17) is 4.42 Å². The van der Waals surface area contributed by atoms with Crippen LogP contribution in [0.2, 0.25) is 0 Å². The molecule has 2 N–H and O–H groups in total.